The molecule has 1 aromatic carbocycles. The second-order valence-corrected chi connectivity index (χ2v) is 8.12. The molecular formula is C21H17F5N6O. The average molecular weight is 464 g/mol. The van der Waals surface area contributed by atoms with Crippen molar-refractivity contribution in [1.82, 2.24) is 24.9 Å². The number of nitrogens with one attached hydrogen (secondary N) is 1. The van der Waals surface area contributed by atoms with Crippen molar-refractivity contribution in [1.29, 1.82) is 0 Å². The number of hydrogen-bond acceptors (Lipinski definition) is 5. The first-order valence-corrected chi connectivity index (χ1v) is 10.2. The zero-order valence-corrected chi connectivity index (χ0v) is 16.9. The van der Waals surface area contributed by atoms with Gasteiger partial charge in [-0.25, -0.2) is 13.8 Å². The normalized spacial score (nSPS) is 22.1. The molecule has 1 saturated carbocycles. The topological polar surface area (TPSA) is 75.9 Å². The summed E-state index contributed by atoms with van der Waals surface area (Å²) in [6, 6.07) is 3.73. The molecule has 2 aromatic heterocycles. The van der Waals surface area contributed by atoms with Crippen molar-refractivity contribution in [3.63, 3.8) is 0 Å². The number of para-hydroxylation sites is 1. The van der Waals surface area contributed by atoms with Gasteiger partial charge in [-0.3, -0.25) is 4.79 Å². The van der Waals surface area contributed by atoms with Crippen molar-refractivity contribution < 1.29 is 26.7 Å². The number of alkyl halides is 3. The van der Waals surface area contributed by atoms with Crippen LogP contribution in [0.5, 0.6) is 0 Å². The van der Waals surface area contributed by atoms with Crippen molar-refractivity contribution in [2.24, 2.45) is 5.92 Å². The minimum Gasteiger partial charge on any atom is -0.363 e. The number of aromatic nitrogens is 4. The minimum absolute atomic E-state index is 0.0739. The number of benzene rings is 1. The fraction of sp³-hybridized carbons (Fsp3) is 0.333. The molecule has 2 bridgehead atoms. The van der Waals surface area contributed by atoms with Crippen molar-refractivity contribution in [2.75, 3.05) is 11.9 Å². The maximum atomic E-state index is 14.6. The molecule has 1 amide bonds. The summed E-state index contributed by atoms with van der Waals surface area (Å²) in [7, 11) is 0. The first-order valence-electron chi connectivity index (χ1n) is 10.2. The average Bonchev–Trinajstić information content (AvgIpc) is 3.51. The van der Waals surface area contributed by atoms with Gasteiger partial charge in [0.2, 0.25) is 0 Å². The van der Waals surface area contributed by atoms with Gasteiger partial charge in [0.15, 0.2) is 17.5 Å². The van der Waals surface area contributed by atoms with Gasteiger partial charge in [0.05, 0.1) is 29.6 Å². The van der Waals surface area contributed by atoms with E-state index in [1.54, 1.807) is 4.90 Å². The summed E-state index contributed by atoms with van der Waals surface area (Å²) in [5.74, 6) is -2.40. The fourth-order valence-corrected chi connectivity index (χ4v) is 4.67. The Morgan fingerprint density at radius 2 is 1.85 bits per heavy atom. The van der Waals surface area contributed by atoms with Gasteiger partial charge in [-0.15, -0.1) is 4.80 Å². The Hall–Kier alpha value is -3.57. The number of likely N-dealkylation sites (tertiary alicyclic amines) is 1. The number of nitrogens with zero attached hydrogens (tertiary/aromatic N) is 5. The Balaban J connectivity index is 1.39. The number of piperidine rings is 1. The first kappa shape index (κ1) is 21.3. The molecule has 172 valence electrons. The molecule has 0 spiro atoms. The molecule has 3 unspecified atom stereocenters. The van der Waals surface area contributed by atoms with Gasteiger partial charge in [-0.1, -0.05) is 6.07 Å². The molecule has 3 aromatic rings. The highest BCUT2D eigenvalue weighted by molar-refractivity contribution is 5.98. The molecule has 3 heterocycles. The van der Waals surface area contributed by atoms with Gasteiger partial charge in [-0.05, 0) is 37.0 Å². The van der Waals surface area contributed by atoms with Crippen LogP contribution in [-0.2, 0) is 6.18 Å². The third kappa shape index (κ3) is 3.79. The molecule has 33 heavy (non-hydrogen) atoms. The summed E-state index contributed by atoms with van der Waals surface area (Å²) in [6.07, 6.45) is -0.163. The van der Waals surface area contributed by atoms with E-state index in [4.69, 9.17) is 0 Å². The third-order valence-electron chi connectivity index (χ3n) is 6.07. The lowest BCUT2D eigenvalue weighted by molar-refractivity contribution is -0.138. The standard InChI is InChI=1S/C21H17F5N6O/c22-14-3-1-2-13(18(14)32-28-4-5-29-32)20(33)31-10-11-6-16(17(31)7-11)30-19-15(23)8-12(9-27-19)21(24,25)26/h1-5,8-9,11,16-17H,6-7,10H2,(H,27,30). The molecule has 7 nitrogen and oxygen atoms in total. The number of amides is 1. The molecule has 0 radical (unpaired) electrons. The second kappa shape index (κ2) is 7.78. The Labute approximate surface area is 184 Å². The first-order chi connectivity index (χ1) is 15.7. The van der Waals surface area contributed by atoms with E-state index in [2.05, 4.69) is 20.5 Å². The van der Waals surface area contributed by atoms with Crippen LogP contribution in [0.4, 0.5) is 27.8 Å². The van der Waals surface area contributed by atoms with Crippen LogP contribution in [0.3, 0.4) is 0 Å². The lowest BCUT2D eigenvalue weighted by Crippen LogP contribution is -2.48. The molecule has 1 saturated heterocycles. The number of rotatable bonds is 4. The molecule has 1 aliphatic heterocycles. The predicted molar refractivity (Wildman–Crippen MR) is 105 cm³/mol. The number of carbonyl (C=O) groups excluding carboxylic acids is 1. The molecule has 3 atom stereocenters. The molecule has 12 heteroatoms. The predicted octanol–water partition coefficient (Wildman–Crippen LogP) is 3.67. The minimum atomic E-state index is -4.70. The van der Waals surface area contributed by atoms with Crippen LogP contribution in [0.2, 0.25) is 0 Å². The molecule has 2 fully saturated rings. The van der Waals surface area contributed by atoms with E-state index in [9.17, 15) is 26.7 Å². The SMILES string of the molecule is O=C(c1cccc(F)c1-n1nccn1)N1CC2CC(Nc3ncc(C(F)(F)F)cc3F)C1C2. The molecular weight excluding hydrogens is 447 g/mol. The van der Waals surface area contributed by atoms with Crippen LogP contribution < -0.4 is 5.32 Å². The Morgan fingerprint density at radius 3 is 2.52 bits per heavy atom. The van der Waals surface area contributed by atoms with Gasteiger partial charge in [-0.2, -0.15) is 23.4 Å². The summed E-state index contributed by atoms with van der Waals surface area (Å²) in [5, 5.41) is 10.7. The Morgan fingerprint density at radius 1 is 1.09 bits per heavy atom. The van der Waals surface area contributed by atoms with Crippen molar-refractivity contribution >= 4 is 11.7 Å². The molecule has 2 aliphatic rings. The summed E-state index contributed by atoms with van der Waals surface area (Å²) in [5.41, 5.74) is -1.17. The van der Waals surface area contributed by atoms with Gasteiger partial charge >= 0.3 is 6.18 Å². The maximum absolute atomic E-state index is 14.6. The van der Waals surface area contributed by atoms with E-state index in [1.807, 2.05) is 0 Å². The van der Waals surface area contributed by atoms with Crippen molar-refractivity contribution in [3.8, 4) is 5.69 Å². The van der Waals surface area contributed by atoms with Gasteiger partial charge < -0.3 is 10.2 Å². The Kier molecular flexibility index (Phi) is 5.02. The van der Waals surface area contributed by atoms with Crippen molar-refractivity contribution in [2.45, 2.75) is 31.1 Å². The quantitative estimate of drug-likeness (QED) is 0.597. The van der Waals surface area contributed by atoms with Crippen LogP contribution in [0.1, 0.15) is 28.8 Å². The van der Waals surface area contributed by atoms with E-state index >= 15 is 0 Å². The number of halogens is 5. The van der Waals surface area contributed by atoms with E-state index in [0.29, 0.717) is 31.6 Å². The van der Waals surface area contributed by atoms with Gasteiger partial charge in [0, 0.05) is 18.8 Å². The van der Waals surface area contributed by atoms with Crippen molar-refractivity contribution in [3.05, 3.63) is 65.6 Å². The van der Waals surface area contributed by atoms with E-state index in [-0.39, 0.29) is 29.0 Å². The maximum Gasteiger partial charge on any atom is 0.417 e. The van der Waals surface area contributed by atoms with Crippen LogP contribution in [0.15, 0.2) is 42.9 Å². The highest BCUT2D eigenvalue weighted by atomic mass is 19.4. The number of hydrogen-bond donors (Lipinski definition) is 1. The summed E-state index contributed by atoms with van der Waals surface area (Å²) >= 11 is 0. The van der Waals surface area contributed by atoms with Crippen LogP contribution in [0, 0.1) is 17.6 Å². The van der Waals surface area contributed by atoms with E-state index in [0.717, 1.165) is 4.80 Å². The fourth-order valence-electron chi connectivity index (χ4n) is 4.67. The summed E-state index contributed by atoms with van der Waals surface area (Å²) < 4.78 is 67.2. The number of anilines is 1. The molecule has 1 N–H and O–H groups in total. The number of fused-ring (bicyclic) bond motifs is 2. The monoisotopic (exact) mass is 464 g/mol. The van der Waals surface area contributed by atoms with E-state index < -0.39 is 35.3 Å². The summed E-state index contributed by atoms with van der Waals surface area (Å²) in [6.45, 7) is 0.438. The molecule has 1 aliphatic carbocycles. The van der Waals surface area contributed by atoms with Crippen LogP contribution >= 0.6 is 0 Å². The highest BCUT2D eigenvalue weighted by Gasteiger charge is 2.48. The largest absolute Gasteiger partial charge is 0.417 e. The lowest BCUT2D eigenvalue weighted by atomic mass is 10.0. The molecule has 5 rings (SSSR count). The number of carbonyl (C=O) groups is 1. The summed E-state index contributed by atoms with van der Waals surface area (Å²) in [4.78, 5) is 19.6. The Bertz CT molecular complexity index is 1200. The van der Waals surface area contributed by atoms with E-state index in [1.165, 1.54) is 30.6 Å². The zero-order valence-electron chi connectivity index (χ0n) is 16.9. The lowest BCUT2D eigenvalue weighted by Gasteiger charge is -2.34. The van der Waals surface area contributed by atoms with Gasteiger partial charge in [0.25, 0.3) is 5.91 Å². The second-order valence-electron chi connectivity index (χ2n) is 8.12. The number of pyridine rings is 1. The van der Waals surface area contributed by atoms with Gasteiger partial charge in [0.1, 0.15) is 5.69 Å². The van der Waals surface area contributed by atoms with Crippen LogP contribution in [0.25, 0.3) is 5.69 Å². The highest BCUT2D eigenvalue weighted by Crippen LogP contribution is 2.40. The zero-order chi connectivity index (χ0) is 23.3. The third-order valence-corrected chi connectivity index (χ3v) is 6.07. The van der Waals surface area contributed by atoms with Crippen LogP contribution in [-0.4, -0.2) is 49.4 Å². The smallest absolute Gasteiger partial charge is 0.363 e.